The first-order valence-corrected chi connectivity index (χ1v) is 6.70. The quantitative estimate of drug-likeness (QED) is 0.669. The Morgan fingerprint density at radius 2 is 2.00 bits per heavy atom. The molecule has 0 amide bonds. The number of ether oxygens (including phenoxy) is 1. The maximum Gasteiger partial charge on any atom is 0.0474 e. The molecule has 1 aromatic rings. The first-order valence-electron chi connectivity index (χ1n) is 6.70. The van der Waals surface area contributed by atoms with Crippen molar-refractivity contribution in [2.45, 2.75) is 46.2 Å². The number of hydrogen-bond acceptors (Lipinski definition) is 2. The maximum atomic E-state index is 5.03. The first kappa shape index (κ1) is 14.3. The highest BCUT2D eigenvalue weighted by Crippen LogP contribution is 2.11. The lowest BCUT2D eigenvalue weighted by molar-refractivity contribution is 0.194. The highest BCUT2D eigenvalue weighted by atomic mass is 16.5. The number of rotatable bonds is 9. The molecule has 3 nitrogen and oxygen atoms in total. The van der Waals surface area contributed by atoms with Crippen LogP contribution in [0, 0.1) is 0 Å². The summed E-state index contributed by atoms with van der Waals surface area (Å²) < 4.78 is 7.45. The van der Waals surface area contributed by atoms with E-state index in [4.69, 9.17) is 4.74 Å². The third-order valence-corrected chi connectivity index (χ3v) is 2.99. The molecule has 0 atom stereocenters. The predicted molar refractivity (Wildman–Crippen MR) is 72.3 cm³/mol. The molecule has 0 aliphatic heterocycles. The van der Waals surface area contributed by atoms with Gasteiger partial charge in [-0.25, -0.2) is 0 Å². The van der Waals surface area contributed by atoms with Gasteiger partial charge in [0.15, 0.2) is 0 Å². The van der Waals surface area contributed by atoms with Gasteiger partial charge in [0.25, 0.3) is 0 Å². The lowest BCUT2D eigenvalue weighted by atomic mass is 10.2. The van der Waals surface area contributed by atoms with Gasteiger partial charge in [0.05, 0.1) is 0 Å². The van der Waals surface area contributed by atoms with E-state index in [2.05, 4.69) is 35.9 Å². The molecule has 0 unspecified atom stereocenters. The van der Waals surface area contributed by atoms with E-state index in [1.165, 1.54) is 24.2 Å². The van der Waals surface area contributed by atoms with Crippen molar-refractivity contribution in [3.05, 3.63) is 23.5 Å². The third kappa shape index (κ3) is 4.52. The summed E-state index contributed by atoms with van der Waals surface area (Å²) in [5, 5.41) is 3.47. The Balaban J connectivity index is 2.41. The first-order chi connectivity index (χ1) is 8.33. The second-order valence-electron chi connectivity index (χ2n) is 4.33. The SMILES string of the molecule is CCCc1ccc(CNCCCOC)n1CC. The summed E-state index contributed by atoms with van der Waals surface area (Å²) >= 11 is 0. The number of hydrogen-bond donors (Lipinski definition) is 1. The van der Waals surface area contributed by atoms with Gasteiger partial charge in [-0.05, 0) is 38.4 Å². The zero-order chi connectivity index (χ0) is 12.5. The van der Waals surface area contributed by atoms with Gasteiger partial charge in [0, 0.05) is 38.2 Å². The van der Waals surface area contributed by atoms with Crippen LogP contribution in [0.1, 0.15) is 38.1 Å². The fourth-order valence-corrected chi connectivity index (χ4v) is 2.15. The number of nitrogens with one attached hydrogen (secondary N) is 1. The Labute approximate surface area is 105 Å². The molecule has 1 heterocycles. The predicted octanol–water partition coefficient (Wildman–Crippen LogP) is 2.59. The van der Waals surface area contributed by atoms with Gasteiger partial charge >= 0.3 is 0 Å². The standard InChI is InChI=1S/C14H26N2O/c1-4-7-13-8-9-14(16(13)5-2)12-15-10-6-11-17-3/h8-9,15H,4-7,10-12H2,1-3H3. The third-order valence-electron chi connectivity index (χ3n) is 2.99. The molecule has 1 N–H and O–H groups in total. The van der Waals surface area contributed by atoms with Crippen LogP contribution in [0.15, 0.2) is 12.1 Å². The van der Waals surface area contributed by atoms with Gasteiger partial charge in [-0.3, -0.25) is 0 Å². The summed E-state index contributed by atoms with van der Waals surface area (Å²) in [4.78, 5) is 0. The molecule has 0 fully saturated rings. The number of aromatic nitrogens is 1. The lowest BCUT2D eigenvalue weighted by Gasteiger charge is -2.11. The van der Waals surface area contributed by atoms with E-state index >= 15 is 0 Å². The van der Waals surface area contributed by atoms with Crippen LogP contribution >= 0.6 is 0 Å². The largest absolute Gasteiger partial charge is 0.385 e. The van der Waals surface area contributed by atoms with Crippen LogP contribution in [-0.4, -0.2) is 24.8 Å². The minimum Gasteiger partial charge on any atom is -0.385 e. The Hall–Kier alpha value is -0.800. The fraction of sp³-hybridized carbons (Fsp3) is 0.714. The molecule has 0 aliphatic carbocycles. The molecule has 1 aromatic heterocycles. The average Bonchev–Trinajstić information content (AvgIpc) is 2.72. The summed E-state index contributed by atoms with van der Waals surface area (Å²) in [6.07, 6.45) is 3.47. The van der Waals surface area contributed by atoms with Crippen LogP contribution in [0.5, 0.6) is 0 Å². The molecule has 0 radical (unpaired) electrons. The van der Waals surface area contributed by atoms with Crippen LogP contribution in [0.25, 0.3) is 0 Å². The van der Waals surface area contributed by atoms with Crippen molar-refractivity contribution in [2.24, 2.45) is 0 Å². The van der Waals surface area contributed by atoms with Crippen molar-refractivity contribution < 1.29 is 4.74 Å². The van der Waals surface area contributed by atoms with Gasteiger partial charge in [0.2, 0.25) is 0 Å². The molecule has 0 spiro atoms. The van der Waals surface area contributed by atoms with Crippen molar-refractivity contribution in [1.29, 1.82) is 0 Å². The fourth-order valence-electron chi connectivity index (χ4n) is 2.15. The molecular weight excluding hydrogens is 212 g/mol. The van der Waals surface area contributed by atoms with Gasteiger partial charge in [-0.2, -0.15) is 0 Å². The molecule has 17 heavy (non-hydrogen) atoms. The van der Waals surface area contributed by atoms with E-state index in [1.807, 2.05) is 0 Å². The molecule has 0 saturated heterocycles. The lowest BCUT2D eigenvalue weighted by Crippen LogP contribution is -2.19. The Kier molecular flexibility index (Phi) is 6.97. The number of nitrogens with zero attached hydrogens (tertiary/aromatic N) is 1. The second-order valence-corrected chi connectivity index (χ2v) is 4.33. The van der Waals surface area contributed by atoms with Crippen LogP contribution in [-0.2, 0) is 24.2 Å². The minimum absolute atomic E-state index is 0.836. The molecule has 0 bridgehead atoms. The van der Waals surface area contributed by atoms with E-state index in [0.29, 0.717) is 0 Å². The highest BCUT2D eigenvalue weighted by Gasteiger charge is 2.05. The van der Waals surface area contributed by atoms with Crippen LogP contribution in [0.3, 0.4) is 0 Å². The number of aryl methyl sites for hydroxylation is 1. The summed E-state index contributed by atoms with van der Waals surface area (Å²) in [6, 6.07) is 4.51. The molecule has 98 valence electrons. The van der Waals surface area contributed by atoms with E-state index in [0.717, 1.165) is 32.7 Å². The van der Waals surface area contributed by atoms with Crippen LogP contribution in [0.4, 0.5) is 0 Å². The summed E-state index contributed by atoms with van der Waals surface area (Å²) in [7, 11) is 1.75. The Morgan fingerprint density at radius 3 is 2.65 bits per heavy atom. The Morgan fingerprint density at radius 1 is 1.24 bits per heavy atom. The van der Waals surface area contributed by atoms with E-state index < -0.39 is 0 Å². The van der Waals surface area contributed by atoms with E-state index in [9.17, 15) is 0 Å². The molecular formula is C14H26N2O. The molecule has 1 rings (SSSR count). The van der Waals surface area contributed by atoms with Crippen molar-refractivity contribution in [2.75, 3.05) is 20.3 Å². The molecule has 0 aliphatic rings. The summed E-state index contributed by atoms with van der Waals surface area (Å²) in [6.45, 7) is 8.33. The zero-order valence-electron chi connectivity index (χ0n) is 11.5. The molecule has 0 saturated carbocycles. The van der Waals surface area contributed by atoms with Crippen molar-refractivity contribution in [1.82, 2.24) is 9.88 Å². The van der Waals surface area contributed by atoms with Gasteiger partial charge < -0.3 is 14.6 Å². The Bertz CT molecular complexity index is 307. The van der Waals surface area contributed by atoms with Crippen LogP contribution in [0.2, 0.25) is 0 Å². The van der Waals surface area contributed by atoms with Gasteiger partial charge in [0.1, 0.15) is 0 Å². The van der Waals surface area contributed by atoms with Crippen molar-refractivity contribution >= 4 is 0 Å². The maximum absolute atomic E-state index is 5.03. The summed E-state index contributed by atoms with van der Waals surface area (Å²) in [5.41, 5.74) is 2.86. The highest BCUT2D eigenvalue weighted by molar-refractivity contribution is 5.16. The minimum atomic E-state index is 0.836. The normalized spacial score (nSPS) is 11.0. The van der Waals surface area contributed by atoms with Crippen LogP contribution < -0.4 is 5.32 Å². The van der Waals surface area contributed by atoms with E-state index in [-0.39, 0.29) is 0 Å². The smallest absolute Gasteiger partial charge is 0.0474 e. The average molecular weight is 238 g/mol. The van der Waals surface area contributed by atoms with Gasteiger partial charge in [-0.1, -0.05) is 13.3 Å². The van der Waals surface area contributed by atoms with E-state index in [1.54, 1.807) is 7.11 Å². The zero-order valence-corrected chi connectivity index (χ0v) is 11.5. The van der Waals surface area contributed by atoms with Gasteiger partial charge in [-0.15, -0.1) is 0 Å². The molecule has 3 heteroatoms. The number of methoxy groups -OCH3 is 1. The molecule has 0 aromatic carbocycles. The second kappa shape index (κ2) is 8.31. The van der Waals surface area contributed by atoms with Crippen molar-refractivity contribution in [3.63, 3.8) is 0 Å². The van der Waals surface area contributed by atoms with Crippen molar-refractivity contribution in [3.8, 4) is 0 Å². The topological polar surface area (TPSA) is 26.2 Å². The summed E-state index contributed by atoms with van der Waals surface area (Å²) in [5.74, 6) is 0. The monoisotopic (exact) mass is 238 g/mol.